The van der Waals surface area contributed by atoms with E-state index in [2.05, 4.69) is 10.6 Å². The average molecular weight is 458 g/mol. The fourth-order valence-corrected chi connectivity index (χ4v) is 4.54. The van der Waals surface area contributed by atoms with Crippen LogP contribution in [0.1, 0.15) is 70.9 Å². The van der Waals surface area contributed by atoms with Gasteiger partial charge in [-0.1, -0.05) is 51.7 Å². The molecule has 174 valence electrons. The number of benzene rings is 1. The van der Waals surface area contributed by atoms with Crippen LogP contribution in [0.4, 0.5) is 5.69 Å². The van der Waals surface area contributed by atoms with Crippen molar-refractivity contribution in [1.29, 1.82) is 0 Å². The molecule has 1 aliphatic heterocycles. The fourth-order valence-electron chi connectivity index (χ4n) is 4.29. The van der Waals surface area contributed by atoms with Crippen molar-refractivity contribution in [1.82, 2.24) is 10.2 Å². The number of hydrogen-bond acceptors (Lipinski definition) is 4. The van der Waals surface area contributed by atoms with Crippen LogP contribution in [-0.4, -0.2) is 35.5 Å². The number of ether oxygens (including phenoxy) is 1. The van der Waals surface area contributed by atoms with Gasteiger partial charge in [0.15, 0.2) is 5.11 Å². The van der Waals surface area contributed by atoms with Crippen molar-refractivity contribution in [3.8, 4) is 0 Å². The molecular weight excluding hydrogens is 422 g/mol. The van der Waals surface area contributed by atoms with Gasteiger partial charge in [-0.2, -0.15) is 0 Å². The predicted octanol–water partition coefficient (Wildman–Crippen LogP) is 4.93. The van der Waals surface area contributed by atoms with Gasteiger partial charge < -0.3 is 20.3 Å². The maximum absolute atomic E-state index is 12.9. The summed E-state index contributed by atoms with van der Waals surface area (Å²) in [4.78, 5) is 27.0. The molecule has 1 aliphatic carbocycles. The summed E-state index contributed by atoms with van der Waals surface area (Å²) >= 11 is 5.46. The van der Waals surface area contributed by atoms with Crippen molar-refractivity contribution in [3.63, 3.8) is 0 Å². The topological polar surface area (TPSA) is 70.7 Å². The number of carbonyl (C=O) groups is 2. The summed E-state index contributed by atoms with van der Waals surface area (Å²) in [7, 11) is 1.83. The van der Waals surface area contributed by atoms with E-state index in [-0.39, 0.29) is 17.8 Å². The van der Waals surface area contributed by atoms with Gasteiger partial charge in [0.2, 0.25) is 5.91 Å². The highest BCUT2D eigenvalue weighted by Crippen LogP contribution is 2.32. The van der Waals surface area contributed by atoms with Gasteiger partial charge in [-0.3, -0.25) is 4.79 Å². The van der Waals surface area contributed by atoms with Gasteiger partial charge in [-0.15, -0.1) is 0 Å². The zero-order valence-corrected chi connectivity index (χ0v) is 20.4. The van der Waals surface area contributed by atoms with Crippen LogP contribution in [0.3, 0.4) is 0 Å². The summed E-state index contributed by atoms with van der Waals surface area (Å²) < 4.78 is 5.53. The van der Waals surface area contributed by atoms with Gasteiger partial charge in [0, 0.05) is 24.9 Å². The van der Waals surface area contributed by atoms with Gasteiger partial charge in [-0.05, 0) is 55.1 Å². The second-order valence-corrected chi connectivity index (χ2v) is 9.68. The number of nitrogens with one attached hydrogen (secondary N) is 2. The first kappa shape index (κ1) is 24.2. The second kappa shape index (κ2) is 10.9. The lowest BCUT2D eigenvalue weighted by Gasteiger charge is -2.35. The highest BCUT2D eigenvalue weighted by Gasteiger charge is 2.33. The molecular formula is C25H35N3O3S. The van der Waals surface area contributed by atoms with E-state index in [9.17, 15) is 9.59 Å². The average Bonchev–Trinajstić information content (AvgIpc) is 3.28. The lowest BCUT2D eigenvalue weighted by Crippen LogP contribution is -2.46. The highest BCUT2D eigenvalue weighted by atomic mass is 32.1. The van der Waals surface area contributed by atoms with Crippen molar-refractivity contribution in [2.45, 2.75) is 65.3 Å². The normalized spacial score (nSPS) is 19.3. The quantitative estimate of drug-likeness (QED) is 0.426. The van der Waals surface area contributed by atoms with Gasteiger partial charge in [-0.25, -0.2) is 4.79 Å². The van der Waals surface area contributed by atoms with Crippen LogP contribution in [0.15, 0.2) is 35.5 Å². The summed E-state index contributed by atoms with van der Waals surface area (Å²) in [5, 5.41) is 6.80. The first-order valence-corrected chi connectivity index (χ1v) is 12.0. The molecule has 6 nitrogen and oxygen atoms in total. The molecule has 1 saturated carbocycles. The number of allylic oxidation sites excluding steroid dienone is 1. The minimum absolute atomic E-state index is 0.0527. The minimum Gasteiger partial charge on any atom is -0.462 e. The number of thiocarbonyl (C=S) groups is 1. The molecule has 0 aromatic heterocycles. The molecule has 3 rings (SSSR count). The largest absolute Gasteiger partial charge is 0.462 e. The standard InChI is InChI=1S/C25H35N3O3S/c1-16(2)15-31-24(30)22-17(3)28(4)25(32)27-23(22)19-10-12-20(13-11-19)26-21(29)14-9-18-7-5-6-8-18/h10-13,16,18,23H,5-9,14-15H2,1-4H3,(H,26,29)(H,27,32)/t23-/m0/s1. The molecule has 0 radical (unpaired) electrons. The number of rotatable bonds is 8. The van der Waals surface area contributed by atoms with Crippen LogP contribution in [0.2, 0.25) is 0 Å². The molecule has 2 N–H and O–H groups in total. The third-order valence-corrected chi connectivity index (χ3v) is 6.70. The van der Waals surface area contributed by atoms with Crippen LogP contribution in [-0.2, 0) is 14.3 Å². The van der Waals surface area contributed by atoms with E-state index in [0.717, 1.165) is 23.4 Å². The van der Waals surface area contributed by atoms with Crippen molar-refractivity contribution in [2.75, 3.05) is 19.0 Å². The van der Waals surface area contributed by atoms with Crippen molar-refractivity contribution >= 4 is 34.9 Å². The molecule has 1 aromatic rings. The zero-order valence-electron chi connectivity index (χ0n) is 19.6. The van der Waals surface area contributed by atoms with E-state index in [1.54, 1.807) is 4.90 Å². The Labute approximate surface area is 196 Å². The zero-order chi connectivity index (χ0) is 23.3. The van der Waals surface area contributed by atoms with E-state index >= 15 is 0 Å². The summed E-state index contributed by atoms with van der Waals surface area (Å²) in [5.41, 5.74) is 2.97. The molecule has 1 aromatic carbocycles. The lowest BCUT2D eigenvalue weighted by molar-refractivity contribution is -0.140. The Balaban J connectivity index is 1.69. The van der Waals surface area contributed by atoms with Crippen LogP contribution in [0.25, 0.3) is 0 Å². The number of nitrogens with zero attached hydrogens (tertiary/aromatic N) is 1. The van der Waals surface area contributed by atoms with E-state index in [1.807, 2.05) is 52.1 Å². The molecule has 2 aliphatic rings. The van der Waals surface area contributed by atoms with E-state index in [0.29, 0.717) is 29.6 Å². The van der Waals surface area contributed by atoms with Crippen molar-refractivity contribution in [2.24, 2.45) is 11.8 Å². The number of carbonyl (C=O) groups excluding carboxylic acids is 2. The van der Waals surface area contributed by atoms with Crippen molar-refractivity contribution < 1.29 is 14.3 Å². The first-order valence-electron chi connectivity index (χ1n) is 11.6. The molecule has 0 bridgehead atoms. The first-order chi connectivity index (χ1) is 15.3. The van der Waals surface area contributed by atoms with Crippen LogP contribution < -0.4 is 10.6 Å². The number of hydrogen-bond donors (Lipinski definition) is 2. The summed E-state index contributed by atoms with van der Waals surface area (Å²) in [6, 6.07) is 7.18. The second-order valence-electron chi connectivity index (χ2n) is 9.29. The number of amides is 1. The summed E-state index contributed by atoms with van der Waals surface area (Å²) in [6.45, 7) is 6.26. The Hall–Kier alpha value is -2.41. The smallest absolute Gasteiger partial charge is 0.338 e. The number of anilines is 1. The Bertz CT molecular complexity index is 873. The Morgan fingerprint density at radius 3 is 2.50 bits per heavy atom. The van der Waals surface area contributed by atoms with Crippen LogP contribution >= 0.6 is 12.2 Å². The number of esters is 1. The molecule has 0 unspecified atom stereocenters. The maximum atomic E-state index is 12.9. The highest BCUT2D eigenvalue weighted by molar-refractivity contribution is 7.80. The third kappa shape index (κ3) is 6.09. The fraction of sp³-hybridized carbons (Fsp3) is 0.560. The Kier molecular flexibility index (Phi) is 8.29. The van der Waals surface area contributed by atoms with Crippen LogP contribution in [0.5, 0.6) is 0 Å². The SMILES string of the molecule is CC1=C(C(=O)OCC(C)C)[C@H](c2ccc(NC(=O)CCC3CCCC3)cc2)NC(=S)N1C. The third-order valence-electron chi connectivity index (χ3n) is 6.30. The lowest BCUT2D eigenvalue weighted by atomic mass is 9.95. The van der Waals surface area contributed by atoms with Gasteiger partial charge in [0.05, 0.1) is 18.2 Å². The minimum atomic E-state index is -0.398. The van der Waals surface area contributed by atoms with Crippen LogP contribution in [0, 0.1) is 11.8 Å². The van der Waals surface area contributed by atoms with Gasteiger partial charge >= 0.3 is 5.97 Å². The van der Waals surface area contributed by atoms with Gasteiger partial charge in [0.25, 0.3) is 0 Å². The molecule has 0 spiro atoms. The molecule has 1 fully saturated rings. The van der Waals surface area contributed by atoms with Gasteiger partial charge in [0.1, 0.15) is 0 Å². The van der Waals surface area contributed by atoms with E-state index in [1.165, 1.54) is 25.7 Å². The maximum Gasteiger partial charge on any atom is 0.338 e. The monoisotopic (exact) mass is 457 g/mol. The van der Waals surface area contributed by atoms with E-state index in [4.69, 9.17) is 17.0 Å². The summed E-state index contributed by atoms with van der Waals surface area (Å²) in [5.74, 6) is 0.667. The molecule has 1 amide bonds. The predicted molar refractivity (Wildman–Crippen MR) is 131 cm³/mol. The molecule has 0 saturated heterocycles. The molecule has 32 heavy (non-hydrogen) atoms. The molecule has 1 heterocycles. The Morgan fingerprint density at radius 1 is 1.22 bits per heavy atom. The molecule has 1 atom stereocenters. The molecule has 7 heteroatoms. The van der Waals surface area contributed by atoms with E-state index < -0.39 is 6.04 Å². The summed E-state index contributed by atoms with van der Waals surface area (Å²) in [6.07, 6.45) is 6.62. The Morgan fingerprint density at radius 2 is 1.88 bits per heavy atom. The van der Waals surface area contributed by atoms with Crippen molar-refractivity contribution in [3.05, 3.63) is 41.1 Å².